The Kier molecular flexibility index (Phi) is 9.39. The van der Waals surface area contributed by atoms with Crippen LogP contribution in [-0.2, 0) is 11.0 Å². The highest BCUT2D eigenvalue weighted by atomic mass is 32.2. The number of carbonyl (C=O) groups is 2. The minimum Gasteiger partial charge on any atom is -0.339 e. The Morgan fingerprint density at radius 1 is 1.02 bits per heavy atom. The first-order chi connectivity index (χ1) is 20.0. The number of carbonyl (C=O) groups excluding carboxylic acids is 2. The molecule has 214 valence electrons. The molecule has 0 saturated carbocycles. The number of hydrogen-bond donors (Lipinski definition) is 3. The molecule has 0 fully saturated rings. The first kappa shape index (κ1) is 30.0. The molecule has 0 atom stereocenters. The fourth-order valence-corrected chi connectivity index (χ4v) is 4.37. The molecule has 0 radical (unpaired) electrons. The zero-order chi connectivity index (χ0) is 30.3. The second kappa shape index (κ2) is 13.1. The van der Waals surface area contributed by atoms with Gasteiger partial charge < -0.3 is 5.32 Å². The number of nitrogens with one attached hydrogen (secondary N) is 3. The monoisotopic (exact) mass is 591 g/mol. The van der Waals surface area contributed by atoms with Gasteiger partial charge in [0, 0.05) is 17.4 Å². The van der Waals surface area contributed by atoms with Crippen molar-refractivity contribution in [1.82, 2.24) is 20.3 Å². The maximum Gasteiger partial charge on any atom is 0.416 e. The van der Waals surface area contributed by atoms with E-state index in [-0.39, 0.29) is 45.4 Å². The molecule has 0 bridgehead atoms. The Balaban J connectivity index is 1.62. The third-order valence-electron chi connectivity index (χ3n) is 5.80. The van der Waals surface area contributed by atoms with E-state index in [1.165, 1.54) is 18.3 Å². The minimum atomic E-state index is -4.57. The van der Waals surface area contributed by atoms with Crippen molar-refractivity contribution < 1.29 is 22.8 Å². The fourth-order valence-electron chi connectivity index (χ4n) is 3.72. The van der Waals surface area contributed by atoms with Crippen molar-refractivity contribution in [1.29, 1.82) is 5.26 Å². The molecule has 0 unspecified atom stereocenters. The van der Waals surface area contributed by atoms with Gasteiger partial charge in [-0.25, -0.2) is 19.7 Å². The lowest BCUT2D eigenvalue weighted by atomic mass is 9.99. The molecule has 0 spiro atoms. The van der Waals surface area contributed by atoms with Crippen LogP contribution in [0.4, 0.5) is 35.3 Å². The predicted octanol–water partition coefficient (Wildman–Crippen LogP) is 6.74. The van der Waals surface area contributed by atoms with E-state index in [1.807, 2.05) is 32.0 Å². The molecule has 0 aliphatic rings. The number of urea groups is 1. The average Bonchev–Trinajstić information content (AvgIpc) is 2.96. The van der Waals surface area contributed by atoms with Crippen LogP contribution in [0.1, 0.15) is 36.5 Å². The Bertz CT molecular complexity index is 1620. The number of amides is 3. The van der Waals surface area contributed by atoms with Gasteiger partial charge in [0.15, 0.2) is 11.0 Å². The van der Waals surface area contributed by atoms with Gasteiger partial charge in [-0.1, -0.05) is 62.0 Å². The molecule has 9 nitrogen and oxygen atoms in total. The first-order valence-electron chi connectivity index (χ1n) is 12.5. The summed E-state index contributed by atoms with van der Waals surface area (Å²) in [6, 6.07) is 18.0. The number of hydrogen-bond acceptors (Lipinski definition) is 8. The smallest absolute Gasteiger partial charge is 0.339 e. The molecule has 3 amide bonds. The number of halogens is 3. The summed E-state index contributed by atoms with van der Waals surface area (Å²) >= 11 is 0.886. The van der Waals surface area contributed by atoms with Crippen LogP contribution in [0.15, 0.2) is 78.1 Å². The summed E-state index contributed by atoms with van der Waals surface area (Å²) < 4.78 is 39.9. The van der Waals surface area contributed by atoms with Crippen LogP contribution >= 0.6 is 11.8 Å². The van der Waals surface area contributed by atoms with Crippen LogP contribution in [-0.4, -0.2) is 32.6 Å². The Labute approximate surface area is 243 Å². The van der Waals surface area contributed by atoms with Crippen molar-refractivity contribution in [3.8, 4) is 17.3 Å². The third kappa shape index (κ3) is 7.82. The quantitative estimate of drug-likeness (QED) is 0.152. The number of anilines is 3. The number of benzene rings is 2. The van der Waals surface area contributed by atoms with E-state index >= 15 is 0 Å². The van der Waals surface area contributed by atoms with Gasteiger partial charge in [0.25, 0.3) is 0 Å². The van der Waals surface area contributed by atoms with Crippen molar-refractivity contribution >= 4 is 41.0 Å². The molecular formula is C29H24F3N7O2S. The summed E-state index contributed by atoms with van der Waals surface area (Å²) in [5.41, 5.74) is 1.05. The molecule has 4 rings (SSSR count). The summed E-state index contributed by atoms with van der Waals surface area (Å²) in [7, 11) is 0. The van der Waals surface area contributed by atoms with Crippen LogP contribution in [0.25, 0.3) is 11.3 Å². The molecule has 2 aromatic heterocycles. The molecule has 4 aromatic rings. The Morgan fingerprint density at radius 3 is 2.43 bits per heavy atom. The van der Waals surface area contributed by atoms with Crippen molar-refractivity contribution in [2.45, 2.75) is 31.1 Å². The molecular weight excluding hydrogens is 567 g/mol. The van der Waals surface area contributed by atoms with Crippen molar-refractivity contribution in [2.75, 3.05) is 16.4 Å². The number of pyridine rings is 1. The number of nitriles is 1. The van der Waals surface area contributed by atoms with E-state index in [0.29, 0.717) is 5.56 Å². The van der Waals surface area contributed by atoms with Crippen LogP contribution in [0.3, 0.4) is 0 Å². The van der Waals surface area contributed by atoms with Crippen molar-refractivity contribution in [3.63, 3.8) is 0 Å². The van der Waals surface area contributed by atoms with E-state index < -0.39 is 23.7 Å². The fraction of sp³-hybridized carbons (Fsp3) is 0.172. The van der Waals surface area contributed by atoms with E-state index in [9.17, 15) is 28.0 Å². The van der Waals surface area contributed by atoms with Crippen LogP contribution in [0.5, 0.6) is 0 Å². The van der Waals surface area contributed by atoms with Crippen molar-refractivity contribution in [3.05, 3.63) is 89.6 Å². The van der Waals surface area contributed by atoms with E-state index in [0.717, 1.165) is 29.5 Å². The van der Waals surface area contributed by atoms with Crippen molar-refractivity contribution in [2.24, 2.45) is 0 Å². The number of alkyl halides is 3. The maximum atomic E-state index is 13.3. The molecule has 0 aliphatic heterocycles. The predicted molar refractivity (Wildman–Crippen MR) is 153 cm³/mol. The van der Waals surface area contributed by atoms with Crippen LogP contribution in [0, 0.1) is 11.3 Å². The van der Waals surface area contributed by atoms with Gasteiger partial charge in [0.05, 0.1) is 17.0 Å². The standard InChI is InChI=1S/C29H24F3N7O2S/c1-17(2)18-9-11-19(12-10-18)25-22(15-33)26(35-21-7-5-6-20(14-21)29(30,31)32)39-28(38-25)42-16-24(40)37-27(41)36-23-8-3-4-13-34-23/h3-14,17H,16H2,1-2H3,(H,35,38,39)(H2,34,36,37,40,41). The Hall–Kier alpha value is -4.96. The summed E-state index contributed by atoms with van der Waals surface area (Å²) in [6.07, 6.45) is -3.09. The number of rotatable bonds is 8. The molecule has 0 aliphatic carbocycles. The number of imide groups is 1. The summed E-state index contributed by atoms with van der Waals surface area (Å²) in [4.78, 5) is 37.4. The van der Waals surface area contributed by atoms with Gasteiger partial charge in [-0.2, -0.15) is 18.4 Å². The highest BCUT2D eigenvalue weighted by Crippen LogP contribution is 2.34. The minimum absolute atomic E-state index is 0.00764. The molecule has 2 heterocycles. The highest BCUT2D eigenvalue weighted by molar-refractivity contribution is 7.99. The zero-order valence-corrected chi connectivity index (χ0v) is 23.2. The van der Waals surface area contributed by atoms with Gasteiger partial charge >= 0.3 is 12.2 Å². The number of aromatic nitrogens is 3. The van der Waals surface area contributed by atoms with Gasteiger partial charge in [0.2, 0.25) is 5.91 Å². The van der Waals surface area contributed by atoms with E-state index in [2.05, 4.69) is 30.9 Å². The van der Waals surface area contributed by atoms with Crippen LogP contribution in [0.2, 0.25) is 0 Å². The largest absolute Gasteiger partial charge is 0.416 e. The Morgan fingerprint density at radius 2 is 1.79 bits per heavy atom. The number of nitrogens with zero attached hydrogens (tertiary/aromatic N) is 4. The second-order valence-electron chi connectivity index (χ2n) is 9.18. The zero-order valence-electron chi connectivity index (χ0n) is 22.4. The lowest BCUT2D eigenvalue weighted by Crippen LogP contribution is -2.35. The third-order valence-corrected chi connectivity index (χ3v) is 6.64. The lowest BCUT2D eigenvalue weighted by molar-refractivity contribution is -0.137. The average molecular weight is 592 g/mol. The van der Waals surface area contributed by atoms with E-state index in [1.54, 1.807) is 30.3 Å². The highest BCUT2D eigenvalue weighted by Gasteiger charge is 2.30. The maximum absolute atomic E-state index is 13.3. The van der Waals surface area contributed by atoms with Gasteiger partial charge in [-0.05, 0) is 41.8 Å². The SMILES string of the molecule is CC(C)c1ccc(-c2nc(SCC(=O)NC(=O)Nc3ccccn3)nc(Nc3cccc(C(F)(F)F)c3)c2C#N)cc1. The normalized spacial score (nSPS) is 11.1. The number of thioether (sulfide) groups is 1. The molecule has 13 heteroatoms. The van der Waals surface area contributed by atoms with Gasteiger partial charge in [-0.3, -0.25) is 15.4 Å². The van der Waals surface area contributed by atoms with E-state index in [4.69, 9.17) is 0 Å². The molecule has 42 heavy (non-hydrogen) atoms. The summed E-state index contributed by atoms with van der Waals surface area (Å²) in [5, 5.41) is 17.5. The molecule has 2 aromatic carbocycles. The summed E-state index contributed by atoms with van der Waals surface area (Å²) in [5.74, 6) is -0.444. The topological polar surface area (TPSA) is 133 Å². The first-order valence-corrected chi connectivity index (χ1v) is 13.5. The molecule has 0 saturated heterocycles. The van der Waals surface area contributed by atoms with Crippen LogP contribution < -0.4 is 16.0 Å². The summed E-state index contributed by atoms with van der Waals surface area (Å²) in [6.45, 7) is 4.07. The molecule has 3 N–H and O–H groups in total. The second-order valence-corrected chi connectivity index (χ2v) is 10.1. The van der Waals surface area contributed by atoms with Gasteiger partial charge in [-0.15, -0.1) is 0 Å². The lowest BCUT2D eigenvalue weighted by Gasteiger charge is -2.15. The van der Waals surface area contributed by atoms with Gasteiger partial charge in [0.1, 0.15) is 17.5 Å².